The molecule has 10 heavy (non-hydrogen) atoms. The van der Waals surface area contributed by atoms with Gasteiger partial charge in [-0.05, 0) is 25.7 Å². The first kappa shape index (κ1) is 6.66. The molecule has 2 aliphatic rings. The third kappa shape index (κ3) is 0.878. The Morgan fingerprint density at radius 1 is 1.30 bits per heavy atom. The van der Waals surface area contributed by atoms with Crippen LogP contribution in [0, 0.1) is 0 Å². The first-order valence-corrected chi connectivity index (χ1v) is 4.67. The zero-order valence-electron chi connectivity index (χ0n) is 6.84. The Hall–Kier alpha value is -0.0400. The highest BCUT2D eigenvalue weighted by atomic mass is 15.2. The summed E-state index contributed by atoms with van der Waals surface area (Å²) in [6.07, 6.45) is 7.29. The number of rotatable bonds is 2. The highest BCUT2D eigenvalue weighted by molar-refractivity contribution is 4.90. The number of hydrogen-bond acceptors (Lipinski definition) is 1. The van der Waals surface area contributed by atoms with Gasteiger partial charge in [-0.1, -0.05) is 13.3 Å². The molecule has 0 aromatic rings. The van der Waals surface area contributed by atoms with Gasteiger partial charge in [0.05, 0.1) is 0 Å². The zero-order chi connectivity index (χ0) is 6.97. The van der Waals surface area contributed by atoms with Crippen molar-refractivity contribution in [1.82, 2.24) is 4.90 Å². The molecule has 0 amide bonds. The quantitative estimate of drug-likeness (QED) is 0.565. The molecular formula is C9H17N. The highest BCUT2D eigenvalue weighted by Crippen LogP contribution is 2.33. The summed E-state index contributed by atoms with van der Waals surface area (Å²) in [6.45, 7) is 3.71. The van der Waals surface area contributed by atoms with Gasteiger partial charge in [-0.3, -0.25) is 4.90 Å². The van der Waals surface area contributed by atoms with Crippen LogP contribution in [0.2, 0.25) is 0 Å². The summed E-state index contributed by atoms with van der Waals surface area (Å²) >= 11 is 0. The number of nitrogens with zero attached hydrogens (tertiary/aromatic N) is 1. The summed E-state index contributed by atoms with van der Waals surface area (Å²) in [4.78, 5) is 2.71. The van der Waals surface area contributed by atoms with Gasteiger partial charge in [0.15, 0.2) is 0 Å². The smallest absolute Gasteiger partial charge is 0.0108 e. The molecule has 0 radical (unpaired) electrons. The predicted molar refractivity (Wildman–Crippen MR) is 43.0 cm³/mol. The summed E-state index contributed by atoms with van der Waals surface area (Å²) in [7, 11) is 0. The largest absolute Gasteiger partial charge is 0.297 e. The Morgan fingerprint density at radius 3 is 2.40 bits per heavy atom. The normalized spacial score (nSPS) is 35.1. The van der Waals surface area contributed by atoms with Crippen LogP contribution in [0.3, 0.4) is 0 Å². The van der Waals surface area contributed by atoms with E-state index in [-0.39, 0.29) is 0 Å². The molecule has 1 saturated heterocycles. The van der Waals surface area contributed by atoms with Crippen LogP contribution in [0.15, 0.2) is 0 Å². The monoisotopic (exact) mass is 139 g/mol. The Morgan fingerprint density at radius 2 is 2.10 bits per heavy atom. The molecule has 2 fully saturated rings. The van der Waals surface area contributed by atoms with Crippen molar-refractivity contribution in [2.45, 2.75) is 51.1 Å². The van der Waals surface area contributed by atoms with E-state index in [4.69, 9.17) is 0 Å². The minimum Gasteiger partial charge on any atom is -0.297 e. The van der Waals surface area contributed by atoms with Crippen LogP contribution >= 0.6 is 0 Å². The van der Waals surface area contributed by atoms with Crippen LogP contribution in [0.4, 0.5) is 0 Å². The van der Waals surface area contributed by atoms with Crippen LogP contribution in [0.1, 0.15) is 39.0 Å². The molecule has 1 nitrogen and oxygen atoms in total. The Labute approximate surface area is 63.4 Å². The molecule has 1 heterocycles. The predicted octanol–water partition coefficient (Wildman–Crippen LogP) is 2.02. The third-order valence-corrected chi connectivity index (χ3v) is 3.20. The van der Waals surface area contributed by atoms with Gasteiger partial charge < -0.3 is 0 Å². The minimum atomic E-state index is 0.963. The molecule has 0 aromatic carbocycles. The van der Waals surface area contributed by atoms with Gasteiger partial charge >= 0.3 is 0 Å². The Kier molecular flexibility index (Phi) is 1.69. The Bertz CT molecular complexity index is 108. The Balaban J connectivity index is 1.81. The van der Waals surface area contributed by atoms with Crippen LogP contribution in [0.5, 0.6) is 0 Å². The van der Waals surface area contributed by atoms with Crippen molar-refractivity contribution < 1.29 is 0 Å². The van der Waals surface area contributed by atoms with Gasteiger partial charge in [-0.25, -0.2) is 0 Å². The molecule has 0 N–H and O–H groups in total. The molecule has 1 aliphatic carbocycles. The lowest BCUT2D eigenvalue weighted by atomic mass is 9.86. The molecule has 1 saturated carbocycles. The van der Waals surface area contributed by atoms with Crippen molar-refractivity contribution in [2.75, 3.05) is 6.54 Å². The number of hydrogen-bond donors (Lipinski definition) is 0. The third-order valence-electron chi connectivity index (χ3n) is 3.20. The molecule has 0 bridgehead atoms. The van der Waals surface area contributed by atoms with Gasteiger partial charge in [0.25, 0.3) is 0 Å². The highest BCUT2D eigenvalue weighted by Gasteiger charge is 2.34. The van der Waals surface area contributed by atoms with Crippen molar-refractivity contribution in [1.29, 1.82) is 0 Å². The van der Waals surface area contributed by atoms with E-state index in [2.05, 4.69) is 11.8 Å². The van der Waals surface area contributed by atoms with E-state index in [1.807, 2.05) is 0 Å². The van der Waals surface area contributed by atoms with Crippen molar-refractivity contribution in [3.63, 3.8) is 0 Å². The van der Waals surface area contributed by atoms with Gasteiger partial charge in [0.2, 0.25) is 0 Å². The number of likely N-dealkylation sites (tertiary alicyclic amines) is 1. The van der Waals surface area contributed by atoms with Gasteiger partial charge in [0, 0.05) is 18.6 Å². The van der Waals surface area contributed by atoms with Crippen LogP contribution in [-0.2, 0) is 0 Å². The second kappa shape index (κ2) is 2.54. The summed E-state index contributed by atoms with van der Waals surface area (Å²) in [5.74, 6) is 0. The van der Waals surface area contributed by atoms with Crippen LogP contribution < -0.4 is 0 Å². The second-order valence-electron chi connectivity index (χ2n) is 3.67. The molecule has 1 heteroatoms. The van der Waals surface area contributed by atoms with E-state index in [1.54, 1.807) is 0 Å². The maximum Gasteiger partial charge on any atom is 0.0108 e. The average Bonchev–Trinajstić information content (AvgIpc) is 1.77. The summed E-state index contributed by atoms with van der Waals surface area (Å²) in [6, 6.07) is 1.96. The summed E-state index contributed by atoms with van der Waals surface area (Å²) in [5, 5.41) is 0. The fourth-order valence-corrected chi connectivity index (χ4v) is 2.10. The van der Waals surface area contributed by atoms with Gasteiger partial charge in [-0.15, -0.1) is 0 Å². The molecule has 1 unspecified atom stereocenters. The zero-order valence-corrected chi connectivity index (χ0v) is 6.84. The molecule has 1 aliphatic heterocycles. The summed E-state index contributed by atoms with van der Waals surface area (Å²) < 4.78 is 0. The maximum absolute atomic E-state index is 2.71. The first-order chi connectivity index (χ1) is 4.92. The average molecular weight is 139 g/mol. The van der Waals surface area contributed by atoms with E-state index >= 15 is 0 Å². The SMILES string of the molecule is CCC1CCN1C1CCC1. The lowest BCUT2D eigenvalue weighted by Gasteiger charge is -2.49. The van der Waals surface area contributed by atoms with Crippen molar-refractivity contribution in [3.8, 4) is 0 Å². The molecule has 2 rings (SSSR count). The van der Waals surface area contributed by atoms with Crippen LogP contribution in [-0.4, -0.2) is 23.5 Å². The fourth-order valence-electron chi connectivity index (χ4n) is 2.10. The second-order valence-corrected chi connectivity index (χ2v) is 3.67. The van der Waals surface area contributed by atoms with Crippen molar-refractivity contribution in [2.24, 2.45) is 0 Å². The standard InChI is InChI=1S/C9H17N/c1-2-8-6-7-10(8)9-4-3-5-9/h8-9H,2-7H2,1H3. The summed E-state index contributed by atoms with van der Waals surface area (Å²) in [5.41, 5.74) is 0. The molecule has 0 spiro atoms. The minimum absolute atomic E-state index is 0.963. The van der Waals surface area contributed by atoms with Crippen LogP contribution in [0.25, 0.3) is 0 Å². The van der Waals surface area contributed by atoms with Crippen molar-refractivity contribution >= 4 is 0 Å². The lowest BCUT2D eigenvalue weighted by molar-refractivity contribution is 0.00377. The lowest BCUT2D eigenvalue weighted by Crippen LogP contribution is -2.55. The van der Waals surface area contributed by atoms with E-state index in [9.17, 15) is 0 Å². The maximum atomic E-state index is 2.71. The molecule has 58 valence electrons. The van der Waals surface area contributed by atoms with E-state index < -0.39 is 0 Å². The van der Waals surface area contributed by atoms with E-state index in [0.29, 0.717) is 0 Å². The topological polar surface area (TPSA) is 3.24 Å². The van der Waals surface area contributed by atoms with Gasteiger partial charge in [0.1, 0.15) is 0 Å². The van der Waals surface area contributed by atoms with E-state index in [1.165, 1.54) is 38.6 Å². The van der Waals surface area contributed by atoms with Gasteiger partial charge in [-0.2, -0.15) is 0 Å². The molecule has 0 aromatic heterocycles. The molecular weight excluding hydrogens is 122 g/mol. The fraction of sp³-hybridized carbons (Fsp3) is 1.00. The van der Waals surface area contributed by atoms with Crippen molar-refractivity contribution in [3.05, 3.63) is 0 Å². The molecule has 1 atom stereocenters. The first-order valence-electron chi connectivity index (χ1n) is 4.67. The van der Waals surface area contributed by atoms with E-state index in [0.717, 1.165) is 12.1 Å².